The molecule has 0 N–H and O–H groups in total. The quantitative estimate of drug-likeness (QED) is 0.266. The van der Waals surface area contributed by atoms with Crippen LogP contribution in [0.2, 0.25) is 0 Å². The highest BCUT2D eigenvalue weighted by Gasteiger charge is 2.34. The predicted molar refractivity (Wildman–Crippen MR) is 135 cm³/mol. The Morgan fingerprint density at radius 3 is 1.82 bits per heavy atom. The van der Waals surface area contributed by atoms with E-state index in [1.54, 1.807) is 6.92 Å². The Hall–Kier alpha value is -2.72. The lowest BCUT2D eigenvalue weighted by atomic mass is 9.77. The van der Waals surface area contributed by atoms with Crippen LogP contribution in [0.15, 0.2) is 72.8 Å². The summed E-state index contributed by atoms with van der Waals surface area (Å²) in [5.74, 6) is 0.480. The summed E-state index contributed by atoms with van der Waals surface area (Å²) in [6, 6.07) is 22.8. The molecule has 0 heterocycles. The SMILES string of the molecule is CC(=O)CC(C)(C)c1c(C)cc(C)cc1OP(=O)(OCc1ccccc1)OCc1ccccc1. The summed E-state index contributed by atoms with van der Waals surface area (Å²) in [5, 5.41) is 0. The third-order valence-corrected chi connectivity index (χ3v) is 6.80. The summed E-state index contributed by atoms with van der Waals surface area (Å²) in [6.07, 6.45) is 0.327. The molecular formula is C28H33O5P. The normalized spacial score (nSPS) is 11.9. The Kier molecular flexibility index (Phi) is 8.48. The minimum absolute atomic E-state index is 0.0692. The van der Waals surface area contributed by atoms with Crippen molar-refractivity contribution in [2.45, 2.75) is 59.7 Å². The van der Waals surface area contributed by atoms with Crippen molar-refractivity contribution in [3.63, 3.8) is 0 Å². The van der Waals surface area contributed by atoms with Crippen molar-refractivity contribution in [1.82, 2.24) is 0 Å². The molecule has 0 aliphatic carbocycles. The fraction of sp³-hybridized carbons (Fsp3) is 0.321. The van der Waals surface area contributed by atoms with Gasteiger partial charge < -0.3 is 4.52 Å². The zero-order valence-electron chi connectivity index (χ0n) is 20.5. The first-order valence-corrected chi connectivity index (χ1v) is 12.8. The molecule has 34 heavy (non-hydrogen) atoms. The van der Waals surface area contributed by atoms with Crippen molar-refractivity contribution >= 4 is 13.6 Å². The second-order valence-corrected chi connectivity index (χ2v) is 10.9. The van der Waals surface area contributed by atoms with Crippen LogP contribution in [0, 0.1) is 13.8 Å². The molecule has 0 fully saturated rings. The molecule has 0 spiro atoms. The maximum absolute atomic E-state index is 13.9. The van der Waals surface area contributed by atoms with Gasteiger partial charge in [0.05, 0.1) is 13.2 Å². The number of ketones is 1. The van der Waals surface area contributed by atoms with Gasteiger partial charge in [-0.15, -0.1) is 0 Å². The van der Waals surface area contributed by atoms with Crippen LogP contribution < -0.4 is 4.52 Å². The second kappa shape index (κ2) is 11.1. The van der Waals surface area contributed by atoms with Gasteiger partial charge in [0, 0.05) is 17.4 Å². The highest BCUT2D eigenvalue weighted by molar-refractivity contribution is 7.48. The van der Waals surface area contributed by atoms with Crippen LogP contribution in [0.4, 0.5) is 0 Å². The van der Waals surface area contributed by atoms with E-state index in [4.69, 9.17) is 13.6 Å². The summed E-state index contributed by atoms with van der Waals surface area (Å²) >= 11 is 0. The lowest BCUT2D eigenvalue weighted by Gasteiger charge is -2.30. The molecule has 0 aromatic heterocycles. The van der Waals surface area contributed by atoms with Crippen molar-refractivity contribution in [3.05, 3.63) is 101 Å². The minimum atomic E-state index is -4.03. The van der Waals surface area contributed by atoms with Crippen LogP contribution in [-0.2, 0) is 37.0 Å². The van der Waals surface area contributed by atoms with E-state index >= 15 is 0 Å². The monoisotopic (exact) mass is 480 g/mol. The summed E-state index contributed by atoms with van der Waals surface area (Å²) in [7, 11) is -4.03. The van der Waals surface area contributed by atoms with Gasteiger partial charge in [-0.3, -0.25) is 13.8 Å². The first-order valence-electron chi connectivity index (χ1n) is 11.4. The number of Topliss-reactive ketones (excluding diaryl/α,β-unsaturated/α-hetero) is 1. The number of hydrogen-bond donors (Lipinski definition) is 0. The van der Waals surface area contributed by atoms with Crippen molar-refractivity contribution < 1.29 is 22.9 Å². The second-order valence-electron chi connectivity index (χ2n) is 9.27. The van der Waals surface area contributed by atoms with E-state index in [0.29, 0.717) is 12.2 Å². The van der Waals surface area contributed by atoms with E-state index < -0.39 is 13.2 Å². The largest absolute Gasteiger partial charge is 0.530 e. The van der Waals surface area contributed by atoms with Crippen molar-refractivity contribution in [1.29, 1.82) is 0 Å². The molecule has 0 aliphatic heterocycles. The maximum atomic E-state index is 13.9. The van der Waals surface area contributed by atoms with Gasteiger partial charge in [-0.25, -0.2) is 4.57 Å². The van der Waals surface area contributed by atoms with Crippen LogP contribution in [0.1, 0.15) is 55.0 Å². The zero-order chi connectivity index (χ0) is 24.8. The number of phosphoric ester groups is 1. The van der Waals surface area contributed by atoms with Crippen molar-refractivity contribution in [2.75, 3.05) is 0 Å². The van der Waals surface area contributed by atoms with Gasteiger partial charge in [-0.2, -0.15) is 0 Å². The topological polar surface area (TPSA) is 61.8 Å². The number of carbonyl (C=O) groups is 1. The Labute approximate surface area is 202 Å². The average Bonchev–Trinajstić information content (AvgIpc) is 2.76. The van der Waals surface area contributed by atoms with E-state index in [9.17, 15) is 9.36 Å². The summed E-state index contributed by atoms with van der Waals surface area (Å²) in [6.45, 7) is 9.61. The van der Waals surface area contributed by atoms with Gasteiger partial charge in [0.1, 0.15) is 11.5 Å². The van der Waals surface area contributed by atoms with Crippen LogP contribution in [0.3, 0.4) is 0 Å². The van der Waals surface area contributed by atoms with Crippen LogP contribution in [0.5, 0.6) is 5.75 Å². The van der Waals surface area contributed by atoms with Crippen LogP contribution >= 0.6 is 7.82 Å². The number of benzene rings is 3. The number of rotatable bonds is 11. The van der Waals surface area contributed by atoms with Gasteiger partial charge in [0.25, 0.3) is 0 Å². The Morgan fingerprint density at radius 2 is 1.35 bits per heavy atom. The van der Waals surface area contributed by atoms with E-state index in [1.165, 1.54) is 0 Å². The molecule has 180 valence electrons. The number of phosphoric acid groups is 1. The van der Waals surface area contributed by atoms with Gasteiger partial charge >= 0.3 is 7.82 Å². The number of hydrogen-bond acceptors (Lipinski definition) is 5. The smallest absolute Gasteiger partial charge is 0.404 e. The molecule has 0 saturated carbocycles. The van der Waals surface area contributed by atoms with Crippen LogP contribution in [-0.4, -0.2) is 5.78 Å². The van der Waals surface area contributed by atoms with E-state index in [2.05, 4.69) is 0 Å². The first kappa shape index (κ1) is 25.9. The average molecular weight is 481 g/mol. The minimum Gasteiger partial charge on any atom is -0.404 e. The molecule has 3 aromatic carbocycles. The first-order chi connectivity index (χ1) is 16.1. The van der Waals surface area contributed by atoms with Gasteiger partial charge in [0.2, 0.25) is 0 Å². The van der Waals surface area contributed by atoms with E-state index in [-0.39, 0.29) is 19.0 Å². The predicted octanol–water partition coefficient (Wildman–Crippen LogP) is 7.48. The Balaban J connectivity index is 1.96. The molecule has 0 aliphatic rings. The van der Waals surface area contributed by atoms with Gasteiger partial charge in [-0.05, 0) is 49.1 Å². The molecule has 3 rings (SSSR count). The van der Waals surface area contributed by atoms with Crippen LogP contribution in [0.25, 0.3) is 0 Å². The fourth-order valence-electron chi connectivity index (χ4n) is 4.24. The highest BCUT2D eigenvalue weighted by atomic mass is 31.2. The molecule has 5 nitrogen and oxygen atoms in total. The molecular weight excluding hydrogens is 447 g/mol. The summed E-state index contributed by atoms with van der Waals surface area (Å²) < 4.78 is 31.7. The molecule has 0 amide bonds. The lowest BCUT2D eigenvalue weighted by molar-refractivity contribution is -0.118. The molecule has 6 heteroatoms. The number of aryl methyl sites for hydroxylation is 2. The fourth-order valence-corrected chi connectivity index (χ4v) is 5.42. The Morgan fingerprint density at radius 1 is 0.853 bits per heavy atom. The van der Waals surface area contributed by atoms with E-state index in [0.717, 1.165) is 27.8 Å². The van der Waals surface area contributed by atoms with Crippen molar-refractivity contribution in [2.24, 2.45) is 0 Å². The lowest BCUT2D eigenvalue weighted by Crippen LogP contribution is -2.23. The van der Waals surface area contributed by atoms with E-state index in [1.807, 2.05) is 100 Å². The molecule has 0 saturated heterocycles. The molecule has 0 atom stereocenters. The number of carbonyl (C=O) groups excluding carboxylic acids is 1. The maximum Gasteiger partial charge on any atom is 0.530 e. The van der Waals surface area contributed by atoms with Gasteiger partial charge in [-0.1, -0.05) is 80.6 Å². The van der Waals surface area contributed by atoms with Crippen molar-refractivity contribution in [3.8, 4) is 5.75 Å². The third kappa shape index (κ3) is 7.14. The zero-order valence-corrected chi connectivity index (χ0v) is 21.4. The third-order valence-electron chi connectivity index (χ3n) is 5.49. The molecule has 0 bridgehead atoms. The molecule has 0 unspecified atom stereocenters. The Bertz CT molecular complexity index is 1110. The summed E-state index contributed by atoms with van der Waals surface area (Å²) in [5.41, 5.74) is 3.91. The van der Waals surface area contributed by atoms with Gasteiger partial charge in [0.15, 0.2) is 0 Å². The molecule has 0 radical (unpaired) electrons. The standard InChI is InChI=1S/C28H33O5P/c1-21-16-22(2)27(28(4,5)18-23(3)29)26(17-21)33-34(30,31-19-24-12-8-6-9-13-24)32-20-25-14-10-7-11-15-25/h6-17H,18-20H2,1-5H3. The highest BCUT2D eigenvalue weighted by Crippen LogP contribution is 2.53. The molecule has 3 aromatic rings. The summed E-state index contributed by atoms with van der Waals surface area (Å²) in [4.78, 5) is 12.0.